The molecule has 0 amide bonds. The van der Waals surface area contributed by atoms with E-state index >= 15 is 0 Å². The molecular formula is C18H24N4O2. The molecule has 1 fully saturated rings. The highest BCUT2D eigenvalue weighted by molar-refractivity contribution is 6.07. The normalized spacial score (nSPS) is 15.4. The maximum absolute atomic E-state index is 12.5. The maximum Gasteiger partial charge on any atom is 0.296 e. The van der Waals surface area contributed by atoms with Crippen LogP contribution in [0.5, 0.6) is 6.01 Å². The van der Waals surface area contributed by atoms with Crippen LogP contribution in [-0.4, -0.2) is 51.5 Å². The van der Waals surface area contributed by atoms with Crippen LogP contribution in [0.3, 0.4) is 0 Å². The smallest absolute Gasteiger partial charge is 0.296 e. The van der Waals surface area contributed by atoms with E-state index in [4.69, 9.17) is 4.74 Å². The van der Waals surface area contributed by atoms with Gasteiger partial charge in [-0.25, -0.2) is 4.98 Å². The van der Waals surface area contributed by atoms with Gasteiger partial charge < -0.3 is 9.64 Å². The summed E-state index contributed by atoms with van der Waals surface area (Å²) in [5.74, 6) is -0.0960. The van der Waals surface area contributed by atoms with Gasteiger partial charge in [-0.2, -0.15) is 0 Å². The number of pyridine rings is 1. The van der Waals surface area contributed by atoms with Crippen LogP contribution in [0.4, 0.5) is 0 Å². The number of nitrogens with zero attached hydrogens (tertiary/aromatic N) is 4. The van der Waals surface area contributed by atoms with Gasteiger partial charge in [0.05, 0.1) is 12.8 Å². The van der Waals surface area contributed by atoms with Crippen LogP contribution in [0.1, 0.15) is 41.7 Å². The average Bonchev–Trinajstić information content (AvgIpc) is 3.00. The van der Waals surface area contributed by atoms with Gasteiger partial charge in [-0.3, -0.25) is 14.3 Å². The van der Waals surface area contributed by atoms with Crippen molar-refractivity contribution in [3.05, 3.63) is 42.0 Å². The van der Waals surface area contributed by atoms with Crippen molar-refractivity contribution >= 4 is 5.78 Å². The van der Waals surface area contributed by atoms with E-state index in [1.54, 1.807) is 42.3 Å². The van der Waals surface area contributed by atoms with Gasteiger partial charge in [0.15, 0.2) is 0 Å². The number of carbonyl (C=O) groups is 1. The molecule has 1 aliphatic rings. The number of likely N-dealkylation sites (tertiary alicyclic amines) is 1. The summed E-state index contributed by atoms with van der Waals surface area (Å²) in [4.78, 5) is 23.2. The molecule has 6 nitrogen and oxygen atoms in total. The Hall–Kier alpha value is -2.21. The highest BCUT2D eigenvalue weighted by atomic mass is 16.5. The molecule has 6 heteroatoms. The molecule has 0 spiro atoms. The zero-order valence-corrected chi connectivity index (χ0v) is 14.1. The molecule has 0 atom stereocenters. The second-order valence-electron chi connectivity index (χ2n) is 6.16. The highest BCUT2D eigenvalue weighted by Crippen LogP contribution is 2.15. The number of rotatable bonds is 7. The first-order valence-electron chi connectivity index (χ1n) is 8.57. The third-order valence-electron chi connectivity index (χ3n) is 4.40. The Morgan fingerprint density at radius 1 is 1.25 bits per heavy atom. The summed E-state index contributed by atoms with van der Waals surface area (Å²) in [5, 5.41) is 0. The topological polar surface area (TPSA) is 60.3 Å². The van der Waals surface area contributed by atoms with Gasteiger partial charge in [-0.15, -0.1) is 0 Å². The van der Waals surface area contributed by atoms with Crippen LogP contribution in [0.2, 0.25) is 0 Å². The lowest BCUT2D eigenvalue weighted by Crippen LogP contribution is -2.31. The fourth-order valence-electron chi connectivity index (χ4n) is 3.02. The molecule has 0 aromatic carbocycles. The quantitative estimate of drug-likeness (QED) is 0.576. The lowest BCUT2D eigenvalue weighted by atomic mass is 10.1. The summed E-state index contributed by atoms with van der Waals surface area (Å²) < 4.78 is 7.46. The second kappa shape index (κ2) is 8.06. The summed E-state index contributed by atoms with van der Waals surface area (Å²) in [5.41, 5.74) is 1.06. The minimum atomic E-state index is -0.0960. The number of piperidine rings is 1. The molecule has 0 aliphatic carbocycles. The Bertz CT molecular complexity index is 663. The van der Waals surface area contributed by atoms with Gasteiger partial charge in [0.2, 0.25) is 5.78 Å². The van der Waals surface area contributed by atoms with E-state index in [9.17, 15) is 4.79 Å². The van der Waals surface area contributed by atoms with Crippen LogP contribution < -0.4 is 4.74 Å². The van der Waals surface area contributed by atoms with Gasteiger partial charge in [0, 0.05) is 31.5 Å². The molecule has 1 saturated heterocycles. The summed E-state index contributed by atoms with van der Waals surface area (Å²) in [6.45, 7) is 4.08. The minimum absolute atomic E-state index is 0.0960. The van der Waals surface area contributed by atoms with E-state index in [1.807, 2.05) is 0 Å². The van der Waals surface area contributed by atoms with Gasteiger partial charge in [0.25, 0.3) is 6.01 Å². The van der Waals surface area contributed by atoms with Crippen molar-refractivity contribution in [3.63, 3.8) is 0 Å². The predicted molar refractivity (Wildman–Crippen MR) is 91.3 cm³/mol. The number of carbonyl (C=O) groups excluding carboxylic acids is 1. The van der Waals surface area contributed by atoms with Gasteiger partial charge >= 0.3 is 0 Å². The molecule has 0 unspecified atom stereocenters. The van der Waals surface area contributed by atoms with Crippen molar-refractivity contribution in [2.45, 2.75) is 25.7 Å². The Balaban J connectivity index is 1.52. The largest absolute Gasteiger partial charge is 0.465 e. The van der Waals surface area contributed by atoms with Gasteiger partial charge in [-0.1, -0.05) is 6.42 Å². The molecule has 0 saturated carbocycles. The Morgan fingerprint density at radius 2 is 2.08 bits per heavy atom. The summed E-state index contributed by atoms with van der Waals surface area (Å²) in [7, 11) is 1.80. The minimum Gasteiger partial charge on any atom is -0.465 e. The SMILES string of the molecule is Cn1c(C(=O)c2cccnc2)cnc1OCCCN1CCCCC1. The average molecular weight is 328 g/mol. The van der Waals surface area contributed by atoms with Crippen LogP contribution in [0.15, 0.2) is 30.7 Å². The molecule has 24 heavy (non-hydrogen) atoms. The van der Waals surface area contributed by atoms with E-state index in [2.05, 4.69) is 14.9 Å². The molecule has 1 aliphatic heterocycles. The first-order valence-corrected chi connectivity index (χ1v) is 8.57. The maximum atomic E-state index is 12.5. The fourth-order valence-corrected chi connectivity index (χ4v) is 3.02. The fraction of sp³-hybridized carbons (Fsp3) is 0.500. The van der Waals surface area contributed by atoms with E-state index in [-0.39, 0.29) is 5.78 Å². The van der Waals surface area contributed by atoms with Crippen molar-refractivity contribution in [3.8, 4) is 6.01 Å². The Kier molecular flexibility index (Phi) is 5.59. The molecule has 2 aromatic rings. The zero-order valence-electron chi connectivity index (χ0n) is 14.1. The number of hydrogen-bond donors (Lipinski definition) is 0. The summed E-state index contributed by atoms with van der Waals surface area (Å²) in [6.07, 6.45) is 9.72. The van der Waals surface area contributed by atoms with Crippen LogP contribution in [-0.2, 0) is 7.05 Å². The van der Waals surface area contributed by atoms with Crippen LogP contribution in [0, 0.1) is 0 Å². The third-order valence-corrected chi connectivity index (χ3v) is 4.40. The van der Waals surface area contributed by atoms with Crippen LogP contribution >= 0.6 is 0 Å². The zero-order chi connectivity index (χ0) is 16.8. The molecule has 0 N–H and O–H groups in total. The molecule has 3 rings (SSSR count). The van der Waals surface area contributed by atoms with Crippen molar-refractivity contribution in [2.24, 2.45) is 7.05 Å². The van der Waals surface area contributed by atoms with E-state index in [1.165, 1.54) is 32.4 Å². The monoisotopic (exact) mass is 328 g/mol. The van der Waals surface area contributed by atoms with E-state index < -0.39 is 0 Å². The first kappa shape index (κ1) is 16.6. The molecular weight excluding hydrogens is 304 g/mol. The van der Waals surface area contributed by atoms with Gasteiger partial charge in [-0.05, 0) is 44.5 Å². The summed E-state index contributed by atoms with van der Waals surface area (Å²) in [6, 6.07) is 3.99. The predicted octanol–water partition coefficient (Wildman–Crippen LogP) is 2.30. The lowest BCUT2D eigenvalue weighted by Gasteiger charge is -2.26. The molecule has 3 heterocycles. The standard InChI is InChI=1S/C18H24N4O2/c1-21-16(17(23)15-7-5-8-19-13-15)14-20-18(21)24-12-6-11-22-9-3-2-4-10-22/h5,7-8,13-14H,2-4,6,9-12H2,1H3. The third kappa shape index (κ3) is 4.00. The van der Waals surface area contributed by atoms with E-state index in [0.29, 0.717) is 23.9 Å². The Labute approximate surface area is 142 Å². The molecule has 128 valence electrons. The highest BCUT2D eigenvalue weighted by Gasteiger charge is 2.17. The van der Waals surface area contributed by atoms with E-state index in [0.717, 1.165) is 13.0 Å². The van der Waals surface area contributed by atoms with Crippen molar-refractivity contribution in [2.75, 3.05) is 26.2 Å². The number of ether oxygens (including phenoxy) is 1. The molecule has 2 aromatic heterocycles. The number of ketones is 1. The second-order valence-corrected chi connectivity index (χ2v) is 6.16. The number of imidazole rings is 1. The summed E-state index contributed by atoms with van der Waals surface area (Å²) >= 11 is 0. The van der Waals surface area contributed by atoms with Crippen LogP contribution in [0.25, 0.3) is 0 Å². The number of hydrogen-bond acceptors (Lipinski definition) is 5. The molecule has 0 bridgehead atoms. The van der Waals surface area contributed by atoms with Crippen molar-refractivity contribution < 1.29 is 9.53 Å². The molecule has 0 radical (unpaired) electrons. The Morgan fingerprint density at radius 3 is 2.83 bits per heavy atom. The van der Waals surface area contributed by atoms with Gasteiger partial charge in [0.1, 0.15) is 5.69 Å². The number of aromatic nitrogens is 3. The lowest BCUT2D eigenvalue weighted by molar-refractivity contribution is 0.102. The van der Waals surface area contributed by atoms with Crippen molar-refractivity contribution in [1.82, 2.24) is 19.4 Å². The van der Waals surface area contributed by atoms with Crippen molar-refractivity contribution in [1.29, 1.82) is 0 Å². The first-order chi connectivity index (χ1) is 11.8.